The van der Waals surface area contributed by atoms with Crippen LogP contribution in [0.3, 0.4) is 0 Å². The Morgan fingerprint density at radius 2 is 1.56 bits per heavy atom. The number of carbonyl (C=O) groups excluding carboxylic acids is 1. The van der Waals surface area contributed by atoms with Crippen molar-refractivity contribution < 1.29 is 43.5 Å². The van der Waals surface area contributed by atoms with Crippen molar-refractivity contribution in [2.24, 2.45) is 5.92 Å². The number of aromatic nitrogens is 2. The summed E-state index contributed by atoms with van der Waals surface area (Å²) in [6.07, 6.45) is -6.02. The third kappa shape index (κ3) is 5.08. The number of aliphatic hydroxyl groups is 3. The first kappa shape index (κ1) is 30.8. The predicted octanol–water partition coefficient (Wildman–Crippen LogP) is 1.79. The fraction of sp³-hybridized carbons (Fsp3) is 0.438. The van der Waals surface area contributed by atoms with Crippen molar-refractivity contribution in [1.82, 2.24) is 14.7 Å². The summed E-state index contributed by atoms with van der Waals surface area (Å²) in [4.78, 5) is 40.6. The molecule has 6 unspecified atom stereocenters. The molecule has 0 saturated heterocycles. The first-order chi connectivity index (χ1) is 21.4. The van der Waals surface area contributed by atoms with Crippen LogP contribution in [0.5, 0.6) is 5.75 Å². The van der Waals surface area contributed by atoms with Crippen molar-refractivity contribution in [2.45, 2.75) is 75.5 Å². The van der Waals surface area contributed by atoms with Gasteiger partial charge >= 0.3 is 5.97 Å². The van der Waals surface area contributed by atoms with Crippen molar-refractivity contribution in [3.8, 4) is 5.75 Å². The van der Waals surface area contributed by atoms with E-state index in [0.29, 0.717) is 22.3 Å². The third-order valence-corrected chi connectivity index (χ3v) is 9.31. The van der Waals surface area contributed by atoms with Crippen molar-refractivity contribution in [3.63, 3.8) is 0 Å². The summed E-state index contributed by atoms with van der Waals surface area (Å²) < 4.78 is 37.8. The second-order valence-corrected chi connectivity index (χ2v) is 12.2. The highest BCUT2D eigenvalue weighted by Gasteiger charge is 2.49. The van der Waals surface area contributed by atoms with E-state index >= 15 is 8.78 Å². The van der Waals surface area contributed by atoms with Crippen LogP contribution in [0.4, 0.5) is 8.78 Å². The fourth-order valence-corrected chi connectivity index (χ4v) is 7.00. The number of carboxylic acid groups (broad SMARTS) is 1. The minimum absolute atomic E-state index is 0.0629. The molecule has 13 heteroatoms. The van der Waals surface area contributed by atoms with E-state index in [0.717, 1.165) is 6.20 Å². The maximum atomic E-state index is 15.3. The molecular formula is C32H33F2N3O8. The maximum Gasteiger partial charge on any atom is 0.309 e. The van der Waals surface area contributed by atoms with Gasteiger partial charge in [0.1, 0.15) is 29.9 Å². The lowest BCUT2D eigenvalue weighted by Gasteiger charge is -2.42. The van der Waals surface area contributed by atoms with E-state index in [-0.39, 0.29) is 25.1 Å². The van der Waals surface area contributed by atoms with Gasteiger partial charge in [-0.25, -0.2) is 8.78 Å². The molecule has 2 aromatic carbocycles. The molecule has 0 spiro atoms. The molecule has 1 aliphatic heterocycles. The molecule has 2 aliphatic carbocycles. The Kier molecular flexibility index (Phi) is 7.96. The van der Waals surface area contributed by atoms with Crippen LogP contribution < -0.4 is 10.2 Å². The van der Waals surface area contributed by atoms with Crippen LogP contribution in [-0.2, 0) is 17.6 Å². The molecule has 1 fully saturated rings. The van der Waals surface area contributed by atoms with Gasteiger partial charge in [0.2, 0.25) is 5.43 Å². The van der Waals surface area contributed by atoms with Crippen LogP contribution in [0.2, 0.25) is 0 Å². The number of hydrogen-bond acceptors (Lipinski definition) is 8. The highest BCUT2D eigenvalue weighted by molar-refractivity contribution is 5.96. The molecule has 3 aromatic rings. The number of rotatable bonds is 5. The molecule has 11 nitrogen and oxygen atoms in total. The summed E-state index contributed by atoms with van der Waals surface area (Å²) in [6, 6.07) is 8.16. The van der Waals surface area contributed by atoms with E-state index in [9.17, 15) is 34.8 Å². The average Bonchev–Trinajstić information content (AvgIpc) is 3.17. The highest BCUT2D eigenvalue weighted by Crippen LogP contribution is 2.45. The van der Waals surface area contributed by atoms with Crippen molar-refractivity contribution in [3.05, 3.63) is 92.4 Å². The number of amides is 1. The summed E-state index contributed by atoms with van der Waals surface area (Å²) in [7, 11) is 0. The zero-order valence-electron chi connectivity index (χ0n) is 24.5. The van der Waals surface area contributed by atoms with Crippen LogP contribution >= 0.6 is 0 Å². The Bertz CT molecular complexity index is 1680. The zero-order valence-corrected chi connectivity index (χ0v) is 24.5. The number of carbonyl (C=O) groups is 2. The fourth-order valence-electron chi connectivity index (χ4n) is 7.00. The summed E-state index contributed by atoms with van der Waals surface area (Å²) in [5.41, 5.74) is 0.857. The summed E-state index contributed by atoms with van der Waals surface area (Å²) in [5.74, 6) is -5.72. The van der Waals surface area contributed by atoms with Gasteiger partial charge in [-0.2, -0.15) is 5.10 Å². The van der Waals surface area contributed by atoms with Crippen molar-refractivity contribution in [2.75, 3.05) is 6.54 Å². The standard InChI is InChI=1S/C32H33F2N3O8/c1-14(2)36-13-22(25-17-5-3-7-20(33)15(17)9-10-16-18(25)6-4-8-21(16)34)37-26(31(36)42)30(23(38)12-35-37)45-24-11-19(32(43)44)27(39)29(41)28(24)40/h3-8,12,14,19,22,24-25,27-29,39-41H,9-11,13H2,1-2H3,(H,43,44). The molecule has 1 saturated carbocycles. The van der Waals surface area contributed by atoms with Crippen molar-refractivity contribution >= 4 is 11.9 Å². The van der Waals surface area contributed by atoms with Crippen LogP contribution in [0, 0.1) is 17.6 Å². The second kappa shape index (κ2) is 11.6. The number of nitrogens with zero attached hydrogens (tertiary/aromatic N) is 3. The molecule has 6 atom stereocenters. The Morgan fingerprint density at radius 3 is 2.11 bits per heavy atom. The average molecular weight is 626 g/mol. The van der Waals surface area contributed by atoms with E-state index in [2.05, 4.69) is 5.10 Å². The zero-order chi connectivity index (χ0) is 32.3. The molecular weight excluding hydrogens is 592 g/mol. The van der Waals surface area contributed by atoms with E-state index < -0.39 is 89.4 Å². The Hall–Kier alpha value is -4.20. The summed E-state index contributed by atoms with van der Waals surface area (Å²) >= 11 is 0. The molecule has 0 bridgehead atoms. The lowest BCUT2D eigenvalue weighted by atomic mass is 9.80. The van der Waals surface area contributed by atoms with E-state index in [1.807, 2.05) is 0 Å². The normalized spacial score (nSPS) is 26.6. The number of benzene rings is 2. The van der Waals surface area contributed by atoms with Crippen LogP contribution in [0.15, 0.2) is 47.4 Å². The Morgan fingerprint density at radius 1 is 0.956 bits per heavy atom. The Balaban J connectivity index is 1.54. The molecule has 6 rings (SSSR count). The van der Waals surface area contributed by atoms with Crippen LogP contribution in [0.25, 0.3) is 0 Å². The highest BCUT2D eigenvalue weighted by atomic mass is 19.1. The largest absolute Gasteiger partial charge is 0.481 e. The molecule has 45 heavy (non-hydrogen) atoms. The topological polar surface area (TPSA) is 162 Å². The first-order valence-electron chi connectivity index (χ1n) is 14.8. The molecule has 0 radical (unpaired) electrons. The van der Waals surface area contributed by atoms with Gasteiger partial charge in [-0.05, 0) is 61.1 Å². The molecule has 1 amide bonds. The second-order valence-electron chi connectivity index (χ2n) is 12.2. The van der Waals surface area contributed by atoms with Crippen LogP contribution in [0.1, 0.15) is 65.0 Å². The quantitative estimate of drug-likeness (QED) is 0.331. The van der Waals surface area contributed by atoms with Gasteiger partial charge in [0, 0.05) is 24.9 Å². The lowest BCUT2D eigenvalue weighted by molar-refractivity contribution is -0.174. The van der Waals surface area contributed by atoms with E-state index in [1.165, 1.54) is 21.7 Å². The Labute approximate surface area is 256 Å². The molecule has 2 heterocycles. The maximum absolute atomic E-state index is 15.3. The number of hydrogen-bond donors (Lipinski definition) is 4. The van der Waals surface area contributed by atoms with Gasteiger partial charge in [0.25, 0.3) is 5.91 Å². The number of carboxylic acids is 1. The minimum Gasteiger partial charge on any atom is -0.481 e. The van der Waals surface area contributed by atoms with Gasteiger partial charge in [0.15, 0.2) is 11.4 Å². The summed E-state index contributed by atoms with van der Waals surface area (Å²) in [6.45, 7) is 3.61. The van der Waals surface area contributed by atoms with Gasteiger partial charge in [-0.3, -0.25) is 19.1 Å². The summed E-state index contributed by atoms with van der Waals surface area (Å²) in [5, 5.41) is 45.2. The number of fused-ring (bicyclic) bond motifs is 3. The third-order valence-electron chi connectivity index (χ3n) is 9.31. The predicted molar refractivity (Wildman–Crippen MR) is 154 cm³/mol. The number of halogens is 2. The number of aliphatic carboxylic acids is 1. The van der Waals surface area contributed by atoms with Gasteiger partial charge in [-0.1, -0.05) is 24.3 Å². The van der Waals surface area contributed by atoms with Gasteiger partial charge in [0.05, 0.1) is 24.3 Å². The first-order valence-corrected chi connectivity index (χ1v) is 14.8. The molecule has 238 valence electrons. The SMILES string of the molecule is CC(C)N1CC(C2c3cccc(F)c3CCc3c(F)cccc32)n2ncc(=O)c(OC3CC(C(=O)O)C(O)C(O)C3O)c2C1=O. The van der Waals surface area contributed by atoms with Gasteiger partial charge in [-0.15, -0.1) is 0 Å². The number of aliphatic hydroxyl groups excluding tert-OH is 3. The van der Waals surface area contributed by atoms with Crippen LogP contribution in [-0.4, -0.2) is 84.0 Å². The van der Waals surface area contributed by atoms with E-state index in [4.69, 9.17) is 4.74 Å². The number of ether oxygens (including phenoxy) is 1. The monoisotopic (exact) mass is 625 g/mol. The molecule has 4 N–H and O–H groups in total. The van der Waals surface area contributed by atoms with Crippen molar-refractivity contribution in [1.29, 1.82) is 0 Å². The van der Waals surface area contributed by atoms with Gasteiger partial charge < -0.3 is 30.1 Å². The smallest absolute Gasteiger partial charge is 0.309 e. The van der Waals surface area contributed by atoms with E-state index in [1.54, 1.807) is 38.1 Å². The molecule has 3 aliphatic rings. The minimum atomic E-state index is -1.90. The lowest BCUT2D eigenvalue weighted by Crippen LogP contribution is -2.57. The molecule has 1 aromatic heterocycles.